The van der Waals surface area contributed by atoms with Crippen LogP contribution in [-0.2, 0) is 11.2 Å². The molecule has 3 nitrogen and oxygen atoms in total. The number of halogens is 1. The smallest absolute Gasteiger partial charge is 0.146 e. The molecular weight excluding hydrogens is 329 g/mol. The van der Waals surface area contributed by atoms with Gasteiger partial charge in [0.15, 0.2) is 0 Å². The van der Waals surface area contributed by atoms with Crippen LogP contribution in [0.5, 0.6) is 5.75 Å². The summed E-state index contributed by atoms with van der Waals surface area (Å²) in [6.45, 7) is 5.74. The lowest BCUT2D eigenvalue weighted by Crippen LogP contribution is -2.01. The Morgan fingerprint density at radius 3 is 2.35 bits per heavy atom. The first-order chi connectivity index (χ1) is 12.5. The molecule has 2 aromatic carbocycles. The summed E-state index contributed by atoms with van der Waals surface area (Å²) in [5.41, 5.74) is 7.99. The maximum absolute atomic E-state index is 14.2. The van der Waals surface area contributed by atoms with Gasteiger partial charge in [-0.15, -0.1) is 0 Å². The molecule has 0 aromatic heterocycles. The average molecular weight is 357 g/mol. The normalized spacial score (nSPS) is 9.85. The molecule has 2 aromatic rings. The molecule has 0 amide bonds. The SMILES string of the molecule is C=C(C=O)CN.CCCCCc1ccc(-c2ccc(OC)cc2)c(F)c1. The maximum atomic E-state index is 14.2. The quantitative estimate of drug-likeness (QED) is 0.414. The highest BCUT2D eigenvalue weighted by Crippen LogP contribution is 2.26. The summed E-state index contributed by atoms with van der Waals surface area (Å²) < 4.78 is 19.3. The highest BCUT2D eigenvalue weighted by molar-refractivity contribution is 5.72. The predicted molar refractivity (Wildman–Crippen MR) is 106 cm³/mol. The van der Waals surface area contributed by atoms with Crippen LogP contribution in [0, 0.1) is 5.82 Å². The van der Waals surface area contributed by atoms with Crippen molar-refractivity contribution >= 4 is 6.29 Å². The van der Waals surface area contributed by atoms with Crippen molar-refractivity contribution in [1.29, 1.82) is 0 Å². The lowest BCUT2D eigenvalue weighted by atomic mass is 10.0. The third-order valence-electron chi connectivity index (χ3n) is 3.93. The molecule has 2 rings (SSSR count). The van der Waals surface area contributed by atoms with Crippen molar-refractivity contribution in [2.75, 3.05) is 13.7 Å². The summed E-state index contributed by atoms with van der Waals surface area (Å²) in [5.74, 6) is 0.634. The number of carbonyl (C=O) groups is 1. The van der Waals surface area contributed by atoms with E-state index < -0.39 is 0 Å². The number of hydrogen-bond acceptors (Lipinski definition) is 3. The predicted octanol–water partition coefficient (Wildman–Crippen LogP) is 4.93. The third kappa shape index (κ3) is 7.19. The number of nitrogens with two attached hydrogens (primary N) is 1. The minimum atomic E-state index is -0.149. The van der Waals surface area contributed by atoms with Crippen molar-refractivity contribution < 1.29 is 13.9 Å². The van der Waals surface area contributed by atoms with Crippen LogP contribution in [0.25, 0.3) is 11.1 Å². The molecule has 0 saturated carbocycles. The van der Waals surface area contributed by atoms with E-state index in [-0.39, 0.29) is 12.4 Å². The highest BCUT2D eigenvalue weighted by Gasteiger charge is 2.06. The topological polar surface area (TPSA) is 52.3 Å². The van der Waals surface area contributed by atoms with Crippen LogP contribution in [0.4, 0.5) is 4.39 Å². The van der Waals surface area contributed by atoms with Crippen LogP contribution >= 0.6 is 0 Å². The molecule has 2 N–H and O–H groups in total. The molecule has 26 heavy (non-hydrogen) atoms. The zero-order valence-electron chi connectivity index (χ0n) is 15.6. The van der Waals surface area contributed by atoms with E-state index in [0.717, 1.165) is 29.7 Å². The van der Waals surface area contributed by atoms with Gasteiger partial charge in [0.05, 0.1) is 7.11 Å². The van der Waals surface area contributed by atoms with Crippen LogP contribution in [0.3, 0.4) is 0 Å². The van der Waals surface area contributed by atoms with Gasteiger partial charge in [-0.3, -0.25) is 4.79 Å². The van der Waals surface area contributed by atoms with Crippen molar-refractivity contribution in [3.8, 4) is 16.9 Å². The van der Waals surface area contributed by atoms with Crippen LogP contribution in [0.1, 0.15) is 31.7 Å². The Hall–Kier alpha value is -2.46. The Balaban J connectivity index is 0.000000487. The molecule has 0 atom stereocenters. The second-order valence-corrected chi connectivity index (χ2v) is 5.98. The summed E-state index contributed by atoms with van der Waals surface area (Å²) in [6, 6.07) is 13.0. The summed E-state index contributed by atoms with van der Waals surface area (Å²) in [6.07, 6.45) is 5.11. The highest BCUT2D eigenvalue weighted by atomic mass is 19.1. The molecule has 0 unspecified atom stereocenters. The minimum absolute atomic E-state index is 0.149. The molecule has 0 bridgehead atoms. The molecule has 0 saturated heterocycles. The summed E-state index contributed by atoms with van der Waals surface area (Å²) in [5, 5.41) is 0. The molecule has 0 heterocycles. The van der Waals surface area contributed by atoms with Crippen molar-refractivity contribution in [3.63, 3.8) is 0 Å². The van der Waals surface area contributed by atoms with E-state index in [0.29, 0.717) is 17.4 Å². The van der Waals surface area contributed by atoms with E-state index in [9.17, 15) is 9.18 Å². The molecular formula is C22H28FNO2. The largest absolute Gasteiger partial charge is 0.497 e. The van der Waals surface area contributed by atoms with Gasteiger partial charge in [0, 0.05) is 12.1 Å². The minimum Gasteiger partial charge on any atom is -0.497 e. The van der Waals surface area contributed by atoms with Crippen LogP contribution in [0.2, 0.25) is 0 Å². The van der Waals surface area contributed by atoms with E-state index in [2.05, 4.69) is 13.5 Å². The van der Waals surface area contributed by atoms with E-state index in [1.165, 1.54) is 12.8 Å². The number of unbranched alkanes of at least 4 members (excludes halogenated alkanes) is 2. The molecule has 0 aliphatic heterocycles. The number of rotatable bonds is 8. The second-order valence-electron chi connectivity index (χ2n) is 5.98. The zero-order valence-corrected chi connectivity index (χ0v) is 15.6. The second kappa shape index (κ2) is 12.0. The number of hydrogen-bond donors (Lipinski definition) is 1. The number of carbonyl (C=O) groups excluding carboxylic acids is 1. The van der Waals surface area contributed by atoms with Gasteiger partial charge in [-0.2, -0.15) is 0 Å². The van der Waals surface area contributed by atoms with Gasteiger partial charge in [0.25, 0.3) is 0 Å². The van der Waals surface area contributed by atoms with Crippen molar-refractivity contribution in [2.24, 2.45) is 5.73 Å². The first-order valence-corrected chi connectivity index (χ1v) is 8.81. The monoisotopic (exact) mass is 357 g/mol. The van der Waals surface area contributed by atoms with E-state index in [1.807, 2.05) is 36.4 Å². The van der Waals surface area contributed by atoms with Crippen molar-refractivity contribution in [3.05, 3.63) is 66.0 Å². The fourth-order valence-corrected chi connectivity index (χ4v) is 2.35. The number of aldehydes is 1. The summed E-state index contributed by atoms with van der Waals surface area (Å²) >= 11 is 0. The first kappa shape index (κ1) is 21.6. The van der Waals surface area contributed by atoms with E-state index in [4.69, 9.17) is 10.5 Å². The van der Waals surface area contributed by atoms with Crippen LogP contribution in [-0.4, -0.2) is 19.9 Å². The third-order valence-corrected chi connectivity index (χ3v) is 3.93. The van der Waals surface area contributed by atoms with Crippen LogP contribution < -0.4 is 10.5 Å². The average Bonchev–Trinajstić information content (AvgIpc) is 2.68. The van der Waals surface area contributed by atoms with Crippen molar-refractivity contribution in [2.45, 2.75) is 32.6 Å². The zero-order chi connectivity index (χ0) is 19.4. The summed E-state index contributed by atoms with van der Waals surface area (Å²) in [4.78, 5) is 9.56. The maximum Gasteiger partial charge on any atom is 0.146 e. The van der Waals surface area contributed by atoms with Gasteiger partial charge in [-0.05, 0) is 47.7 Å². The molecule has 4 heteroatoms. The van der Waals surface area contributed by atoms with E-state index in [1.54, 1.807) is 13.2 Å². The molecule has 0 spiro atoms. The molecule has 0 aliphatic rings. The van der Waals surface area contributed by atoms with Gasteiger partial charge in [-0.25, -0.2) is 4.39 Å². The molecule has 0 radical (unpaired) electrons. The lowest BCUT2D eigenvalue weighted by Gasteiger charge is -2.07. The number of ether oxygens (including phenoxy) is 1. The fourth-order valence-electron chi connectivity index (χ4n) is 2.35. The van der Waals surface area contributed by atoms with Gasteiger partial charge in [0.1, 0.15) is 17.9 Å². The fraction of sp³-hybridized carbons (Fsp3) is 0.318. The Morgan fingerprint density at radius 2 is 1.88 bits per heavy atom. The number of aryl methyl sites for hydroxylation is 1. The Kier molecular flexibility index (Phi) is 9.95. The van der Waals surface area contributed by atoms with Crippen molar-refractivity contribution in [1.82, 2.24) is 0 Å². The first-order valence-electron chi connectivity index (χ1n) is 8.81. The number of methoxy groups -OCH3 is 1. The van der Waals surface area contributed by atoms with E-state index >= 15 is 0 Å². The molecule has 140 valence electrons. The lowest BCUT2D eigenvalue weighted by molar-refractivity contribution is -0.104. The Labute approximate surface area is 155 Å². The molecule has 0 fully saturated rings. The Morgan fingerprint density at radius 1 is 1.19 bits per heavy atom. The molecule has 0 aliphatic carbocycles. The van der Waals surface area contributed by atoms with Gasteiger partial charge < -0.3 is 10.5 Å². The Bertz CT molecular complexity index is 696. The number of benzene rings is 2. The van der Waals surface area contributed by atoms with Crippen LogP contribution in [0.15, 0.2) is 54.6 Å². The van der Waals surface area contributed by atoms with Gasteiger partial charge in [-0.1, -0.05) is 50.6 Å². The summed E-state index contributed by atoms with van der Waals surface area (Å²) in [7, 11) is 1.63. The van der Waals surface area contributed by atoms with Gasteiger partial charge in [0.2, 0.25) is 0 Å². The van der Waals surface area contributed by atoms with Gasteiger partial charge >= 0.3 is 0 Å². The standard InChI is InChI=1S/C18H21FO.C4H7NO/c1-3-4-5-6-14-7-12-17(18(19)13-14)15-8-10-16(20-2)11-9-15;1-4(2-5)3-6/h7-13H,3-6H2,1-2H3;3H,1-2,5H2.